The number of aliphatic hydroxyl groups excluding tert-OH is 1. The first-order valence-corrected chi connectivity index (χ1v) is 6.27. The van der Waals surface area contributed by atoms with Crippen LogP contribution in [-0.2, 0) is 0 Å². The van der Waals surface area contributed by atoms with Gasteiger partial charge >= 0.3 is 0 Å². The van der Waals surface area contributed by atoms with Gasteiger partial charge in [-0.05, 0) is 36.8 Å². The van der Waals surface area contributed by atoms with Crippen molar-refractivity contribution < 1.29 is 9.84 Å². The third kappa shape index (κ3) is 3.06. The number of hydrogen-bond acceptors (Lipinski definition) is 3. The molecule has 2 aromatic rings. The molecule has 0 aromatic heterocycles. The summed E-state index contributed by atoms with van der Waals surface area (Å²) in [6, 6.07) is 15.8. The second-order valence-corrected chi connectivity index (χ2v) is 4.53. The van der Waals surface area contributed by atoms with E-state index in [2.05, 4.69) is 4.90 Å². The molecule has 1 atom stereocenters. The lowest BCUT2D eigenvalue weighted by Gasteiger charge is -2.20. The second kappa shape index (κ2) is 5.76. The summed E-state index contributed by atoms with van der Waals surface area (Å²) < 4.78 is 5.23. The van der Waals surface area contributed by atoms with E-state index in [0.717, 1.165) is 22.7 Å². The van der Waals surface area contributed by atoms with Gasteiger partial charge in [-0.15, -0.1) is 0 Å². The van der Waals surface area contributed by atoms with Gasteiger partial charge in [0.15, 0.2) is 0 Å². The molecular formula is C16H19NO2. The standard InChI is InChI=1S/C16H19NO2/c1-12(18)13-7-9-14(10-8-13)17(2)15-5-4-6-16(11-15)19-3/h4-12,18H,1-3H3. The van der Waals surface area contributed by atoms with Crippen LogP contribution in [0.15, 0.2) is 48.5 Å². The molecule has 0 aliphatic heterocycles. The van der Waals surface area contributed by atoms with Crippen molar-refractivity contribution in [1.82, 2.24) is 0 Å². The number of benzene rings is 2. The van der Waals surface area contributed by atoms with Crippen LogP contribution in [0.25, 0.3) is 0 Å². The average molecular weight is 257 g/mol. The van der Waals surface area contributed by atoms with E-state index in [1.54, 1.807) is 14.0 Å². The van der Waals surface area contributed by atoms with Gasteiger partial charge in [0, 0.05) is 24.5 Å². The lowest BCUT2D eigenvalue weighted by Crippen LogP contribution is -2.09. The Balaban J connectivity index is 2.25. The smallest absolute Gasteiger partial charge is 0.120 e. The van der Waals surface area contributed by atoms with Gasteiger partial charge in [0.25, 0.3) is 0 Å². The maximum Gasteiger partial charge on any atom is 0.120 e. The number of rotatable bonds is 4. The van der Waals surface area contributed by atoms with Crippen LogP contribution < -0.4 is 9.64 Å². The minimum absolute atomic E-state index is 0.434. The van der Waals surface area contributed by atoms with E-state index >= 15 is 0 Å². The van der Waals surface area contributed by atoms with Gasteiger partial charge < -0.3 is 14.7 Å². The molecule has 0 radical (unpaired) electrons. The first kappa shape index (κ1) is 13.4. The molecule has 0 saturated heterocycles. The van der Waals surface area contributed by atoms with Crippen molar-refractivity contribution in [3.05, 3.63) is 54.1 Å². The quantitative estimate of drug-likeness (QED) is 0.909. The molecule has 0 fully saturated rings. The van der Waals surface area contributed by atoms with Crippen LogP contribution in [0.5, 0.6) is 5.75 Å². The fraction of sp³-hybridized carbons (Fsp3) is 0.250. The Morgan fingerprint density at radius 3 is 2.32 bits per heavy atom. The highest BCUT2D eigenvalue weighted by Gasteiger charge is 2.06. The zero-order valence-electron chi connectivity index (χ0n) is 11.5. The molecule has 0 aliphatic carbocycles. The molecule has 19 heavy (non-hydrogen) atoms. The summed E-state index contributed by atoms with van der Waals surface area (Å²) in [6.07, 6.45) is -0.434. The lowest BCUT2D eigenvalue weighted by atomic mass is 10.1. The summed E-state index contributed by atoms with van der Waals surface area (Å²) in [5, 5.41) is 9.51. The van der Waals surface area contributed by atoms with E-state index < -0.39 is 6.10 Å². The normalized spacial score (nSPS) is 12.0. The van der Waals surface area contributed by atoms with Crippen molar-refractivity contribution in [2.24, 2.45) is 0 Å². The predicted octanol–water partition coefficient (Wildman–Crippen LogP) is 3.52. The van der Waals surface area contributed by atoms with E-state index in [0.29, 0.717) is 0 Å². The van der Waals surface area contributed by atoms with E-state index in [9.17, 15) is 5.11 Å². The highest BCUT2D eigenvalue weighted by Crippen LogP contribution is 2.27. The van der Waals surface area contributed by atoms with Gasteiger partial charge in [0.1, 0.15) is 5.75 Å². The first-order valence-electron chi connectivity index (χ1n) is 6.27. The van der Waals surface area contributed by atoms with Gasteiger partial charge in [-0.3, -0.25) is 0 Å². The molecule has 0 bridgehead atoms. The highest BCUT2D eigenvalue weighted by atomic mass is 16.5. The Hall–Kier alpha value is -2.00. The number of anilines is 2. The Bertz CT molecular complexity index is 535. The van der Waals surface area contributed by atoms with E-state index in [1.165, 1.54) is 0 Å². The molecule has 3 heteroatoms. The second-order valence-electron chi connectivity index (χ2n) is 4.53. The minimum Gasteiger partial charge on any atom is -0.497 e. The van der Waals surface area contributed by atoms with Crippen molar-refractivity contribution in [2.75, 3.05) is 19.1 Å². The largest absolute Gasteiger partial charge is 0.497 e. The van der Waals surface area contributed by atoms with Crippen LogP contribution in [0.1, 0.15) is 18.6 Å². The summed E-state index contributed by atoms with van der Waals surface area (Å²) in [4.78, 5) is 2.08. The molecule has 0 amide bonds. The number of ether oxygens (including phenoxy) is 1. The molecule has 0 spiro atoms. The Morgan fingerprint density at radius 2 is 1.74 bits per heavy atom. The fourth-order valence-corrected chi connectivity index (χ4v) is 1.94. The molecule has 0 aliphatic rings. The Morgan fingerprint density at radius 1 is 1.05 bits per heavy atom. The van der Waals surface area contributed by atoms with E-state index in [1.807, 2.05) is 55.6 Å². The predicted molar refractivity (Wildman–Crippen MR) is 78.1 cm³/mol. The average Bonchev–Trinajstić information content (AvgIpc) is 2.46. The Labute approximate surface area is 114 Å². The summed E-state index contributed by atoms with van der Waals surface area (Å²) in [5.41, 5.74) is 3.05. The molecule has 0 heterocycles. The van der Waals surface area contributed by atoms with Gasteiger partial charge in [-0.2, -0.15) is 0 Å². The molecule has 2 aromatic carbocycles. The first-order chi connectivity index (χ1) is 9.11. The zero-order chi connectivity index (χ0) is 13.8. The maximum absolute atomic E-state index is 9.51. The van der Waals surface area contributed by atoms with Crippen LogP contribution in [0.4, 0.5) is 11.4 Å². The number of methoxy groups -OCH3 is 1. The number of hydrogen-bond donors (Lipinski definition) is 1. The van der Waals surface area contributed by atoms with Gasteiger partial charge in [-0.1, -0.05) is 18.2 Å². The highest BCUT2D eigenvalue weighted by molar-refractivity contribution is 5.64. The molecule has 1 N–H and O–H groups in total. The minimum atomic E-state index is -0.434. The number of nitrogens with zero attached hydrogens (tertiary/aromatic N) is 1. The molecule has 1 unspecified atom stereocenters. The molecule has 100 valence electrons. The van der Waals surface area contributed by atoms with Crippen LogP contribution in [-0.4, -0.2) is 19.3 Å². The van der Waals surface area contributed by atoms with Crippen molar-refractivity contribution in [3.8, 4) is 5.75 Å². The fourth-order valence-electron chi connectivity index (χ4n) is 1.94. The third-order valence-corrected chi connectivity index (χ3v) is 3.20. The van der Waals surface area contributed by atoms with Crippen LogP contribution >= 0.6 is 0 Å². The third-order valence-electron chi connectivity index (χ3n) is 3.20. The maximum atomic E-state index is 9.51. The Kier molecular flexibility index (Phi) is 4.07. The van der Waals surface area contributed by atoms with Crippen molar-refractivity contribution in [2.45, 2.75) is 13.0 Å². The van der Waals surface area contributed by atoms with E-state index in [-0.39, 0.29) is 0 Å². The summed E-state index contributed by atoms with van der Waals surface area (Å²) >= 11 is 0. The van der Waals surface area contributed by atoms with Crippen molar-refractivity contribution >= 4 is 11.4 Å². The lowest BCUT2D eigenvalue weighted by molar-refractivity contribution is 0.199. The molecule has 0 saturated carbocycles. The molecule has 3 nitrogen and oxygen atoms in total. The van der Waals surface area contributed by atoms with E-state index in [4.69, 9.17) is 4.74 Å². The van der Waals surface area contributed by atoms with Gasteiger partial charge in [0.2, 0.25) is 0 Å². The monoisotopic (exact) mass is 257 g/mol. The summed E-state index contributed by atoms with van der Waals surface area (Å²) in [7, 11) is 3.67. The topological polar surface area (TPSA) is 32.7 Å². The zero-order valence-corrected chi connectivity index (χ0v) is 11.5. The molecule has 2 rings (SSSR count). The SMILES string of the molecule is COc1cccc(N(C)c2ccc(C(C)O)cc2)c1. The van der Waals surface area contributed by atoms with Crippen LogP contribution in [0.2, 0.25) is 0 Å². The number of aliphatic hydroxyl groups is 1. The van der Waals surface area contributed by atoms with Gasteiger partial charge in [-0.25, -0.2) is 0 Å². The van der Waals surface area contributed by atoms with Gasteiger partial charge in [0.05, 0.1) is 13.2 Å². The summed E-state index contributed by atoms with van der Waals surface area (Å²) in [6.45, 7) is 1.76. The van der Waals surface area contributed by atoms with Crippen LogP contribution in [0.3, 0.4) is 0 Å². The molecular weight excluding hydrogens is 238 g/mol. The van der Waals surface area contributed by atoms with Crippen LogP contribution in [0, 0.1) is 0 Å². The summed E-state index contributed by atoms with van der Waals surface area (Å²) in [5.74, 6) is 0.838. The van der Waals surface area contributed by atoms with Crippen molar-refractivity contribution in [1.29, 1.82) is 0 Å². The van der Waals surface area contributed by atoms with Crippen molar-refractivity contribution in [3.63, 3.8) is 0 Å².